The van der Waals surface area contributed by atoms with Gasteiger partial charge >= 0.3 is 5.97 Å². The molecule has 0 saturated heterocycles. The topological polar surface area (TPSA) is 71.4 Å². The van der Waals surface area contributed by atoms with Crippen LogP contribution in [0.3, 0.4) is 0 Å². The van der Waals surface area contributed by atoms with E-state index in [1.54, 1.807) is 0 Å². The van der Waals surface area contributed by atoms with Crippen LogP contribution in [0.25, 0.3) is 0 Å². The van der Waals surface area contributed by atoms with Crippen LogP contribution in [0.4, 0.5) is 8.78 Å². The fourth-order valence-corrected chi connectivity index (χ4v) is 3.31. The Morgan fingerprint density at radius 1 is 1.10 bits per heavy atom. The van der Waals surface area contributed by atoms with Crippen LogP contribution >= 0.6 is 0 Å². The number of aromatic carboxylic acids is 1. The highest BCUT2D eigenvalue weighted by Crippen LogP contribution is 2.22. The van der Waals surface area contributed by atoms with Gasteiger partial charge in [-0.15, -0.1) is 0 Å². The number of hydrogen-bond acceptors (Lipinski definition) is 3. The van der Waals surface area contributed by atoms with Gasteiger partial charge in [0.05, 0.1) is 11.3 Å². The molecule has 0 radical (unpaired) electrons. The zero-order valence-corrected chi connectivity index (χ0v) is 11.4. The zero-order chi connectivity index (χ0) is 15.6. The van der Waals surface area contributed by atoms with E-state index in [0.717, 1.165) is 12.1 Å². The van der Waals surface area contributed by atoms with Crippen LogP contribution in [0.1, 0.15) is 15.9 Å². The van der Waals surface area contributed by atoms with Gasteiger partial charge in [0.2, 0.25) is 0 Å². The first kappa shape index (κ1) is 15.1. The predicted octanol–water partition coefficient (Wildman–Crippen LogP) is 2.64. The second-order valence-electron chi connectivity index (χ2n) is 4.30. The van der Waals surface area contributed by atoms with Crippen LogP contribution in [-0.4, -0.2) is 19.5 Å². The van der Waals surface area contributed by atoms with Crippen LogP contribution in [0.5, 0.6) is 0 Å². The van der Waals surface area contributed by atoms with Gasteiger partial charge in [-0.05, 0) is 23.8 Å². The number of benzene rings is 2. The first-order valence-corrected chi connectivity index (χ1v) is 7.45. The Morgan fingerprint density at radius 3 is 2.38 bits per heavy atom. The van der Waals surface area contributed by atoms with Crippen molar-refractivity contribution in [3.8, 4) is 0 Å². The monoisotopic (exact) mass is 312 g/mol. The van der Waals surface area contributed by atoms with Crippen molar-refractivity contribution >= 4 is 15.8 Å². The van der Waals surface area contributed by atoms with E-state index in [2.05, 4.69) is 0 Å². The molecule has 4 nitrogen and oxygen atoms in total. The Morgan fingerprint density at radius 2 is 1.76 bits per heavy atom. The second-order valence-corrected chi connectivity index (χ2v) is 6.25. The van der Waals surface area contributed by atoms with Gasteiger partial charge in [0.25, 0.3) is 0 Å². The molecule has 2 aromatic rings. The van der Waals surface area contributed by atoms with Gasteiger partial charge < -0.3 is 5.11 Å². The summed E-state index contributed by atoms with van der Waals surface area (Å²) in [4.78, 5) is 10.4. The summed E-state index contributed by atoms with van der Waals surface area (Å²) in [6, 6.07) is 7.66. The molecule has 1 N–H and O–H groups in total. The molecule has 0 aliphatic carbocycles. The van der Waals surface area contributed by atoms with E-state index in [1.807, 2.05) is 0 Å². The van der Waals surface area contributed by atoms with E-state index in [9.17, 15) is 22.0 Å². The molecule has 2 aromatic carbocycles. The van der Waals surface area contributed by atoms with Crippen molar-refractivity contribution < 1.29 is 27.1 Å². The van der Waals surface area contributed by atoms with E-state index < -0.39 is 38.1 Å². The van der Waals surface area contributed by atoms with E-state index >= 15 is 0 Å². The van der Waals surface area contributed by atoms with E-state index in [0.29, 0.717) is 6.07 Å². The number of sulfone groups is 1. The summed E-state index contributed by atoms with van der Waals surface area (Å²) in [5, 5.41) is 9.01. The van der Waals surface area contributed by atoms with Crippen molar-refractivity contribution in [3.63, 3.8) is 0 Å². The third kappa shape index (κ3) is 3.25. The molecular formula is C14H10F2O4S. The number of rotatable bonds is 4. The molecule has 110 valence electrons. The maximum absolute atomic E-state index is 13.6. The minimum absolute atomic E-state index is 0.0359. The van der Waals surface area contributed by atoms with Gasteiger partial charge in [0.1, 0.15) is 16.5 Å². The molecule has 0 atom stereocenters. The standard InChI is InChI=1S/C14H10F2O4S/c15-10-5-6-13(12(16)7-10)21(19,20)8-9-3-1-2-4-11(9)14(17)18/h1-7H,8H2,(H,17,18). The van der Waals surface area contributed by atoms with Crippen molar-refractivity contribution in [2.24, 2.45) is 0 Å². The Balaban J connectivity index is 2.45. The molecule has 0 spiro atoms. The summed E-state index contributed by atoms with van der Waals surface area (Å²) >= 11 is 0. The largest absolute Gasteiger partial charge is 0.478 e. The molecule has 21 heavy (non-hydrogen) atoms. The Bertz CT molecular complexity index is 800. The fourth-order valence-electron chi connectivity index (χ4n) is 1.86. The molecule has 2 rings (SSSR count). The molecule has 0 bridgehead atoms. The number of carboxylic acids is 1. The third-order valence-electron chi connectivity index (χ3n) is 2.82. The van der Waals surface area contributed by atoms with Crippen molar-refractivity contribution in [2.75, 3.05) is 0 Å². The van der Waals surface area contributed by atoms with Crippen LogP contribution in [0.2, 0.25) is 0 Å². The first-order chi connectivity index (χ1) is 9.81. The van der Waals surface area contributed by atoms with Gasteiger partial charge in [-0.3, -0.25) is 0 Å². The smallest absolute Gasteiger partial charge is 0.335 e. The summed E-state index contributed by atoms with van der Waals surface area (Å²) in [5.41, 5.74) is -0.141. The Hall–Kier alpha value is -2.28. The minimum Gasteiger partial charge on any atom is -0.478 e. The van der Waals surface area contributed by atoms with Gasteiger partial charge in [0.15, 0.2) is 9.84 Å². The highest BCUT2D eigenvalue weighted by atomic mass is 32.2. The van der Waals surface area contributed by atoms with Gasteiger partial charge in [-0.1, -0.05) is 18.2 Å². The average Bonchev–Trinajstić information content (AvgIpc) is 2.37. The number of carboxylic acid groups (broad SMARTS) is 1. The van der Waals surface area contributed by atoms with Gasteiger partial charge in [0, 0.05) is 6.07 Å². The van der Waals surface area contributed by atoms with E-state index in [4.69, 9.17) is 5.11 Å². The summed E-state index contributed by atoms with van der Waals surface area (Å²) in [6.45, 7) is 0. The first-order valence-electron chi connectivity index (χ1n) is 5.80. The van der Waals surface area contributed by atoms with Gasteiger partial charge in [-0.2, -0.15) is 0 Å². The van der Waals surface area contributed by atoms with Crippen molar-refractivity contribution in [2.45, 2.75) is 10.6 Å². The molecule has 0 heterocycles. The van der Waals surface area contributed by atoms with Crippen LogP contribution in [0, 0.1) is 11.6 Å². The normalized spacial score (nSPS) is 11.3. The molecule has 0 saturated carbocycles. The van der Waals surface area contributed by atoms with E-state index in [-0.39, 0.29) is 11.1 Å². The number of carbonyl (C=O) groups is 1. The molecular weight excluding hydrogens is 302 g/mol. The zero-order valence-electron chi connectivity index (χ0n) is 10.6. The second kappa shape index (κ2) is 5.61. The molecule has 0 aliphatic rings. The lowest BCUT2D eigenvalue weighted by atomic mass is 10.1. The fraction of sp³-hybridized carbons (Fsp3) is 0.0714. The Labute approximate surface area is 119 Å². The third-order valence-corrected chi connectivity index (χ3v) is 4.51. The summed E-state index contributed by atoms with van der Waals surface area (Å²) < 4.78 is 50.7. The average molecular weight is 312 g/mol. The van der Waals surface area contributed by atoms with Gasteiger partial charge in [-0.25, -0.2) is 22.0 Å². The number of hydrogen-bond donors (Lipinski definition) is 1. The number of halogens is 2. The SMILES string of the molecule is O=C(O)c1ccccc1CS(=O)(=O)c1ccc(F)cc1F. The lowest BCUT2D eigenvalue weighted by molar-refractivity contribution is 0.0696. The molecule has 0 aliphatic heterocycles. The molecule has 0 amide bonds. The van der Waals surface area contributed by atoms with Crippen LogP contribution < -0.4 is 0 Å². The Kier molecular flexibility index (Phi) is 4.04. The predicted molar refractivity (Wildman–Crippen MR) is 70.6 cm³/mol. The molecule has 0 unspecified atom stereocenters. The summed E-state index contributed by atoms with van der Waals surface area (Å²) in [6.07, 6.45) is 0. The minimum atomic E-state index is -4.12. The lowest BCUT2D eigenvalue weighted by Gasteiger charge is -2.08. The summed E-state index contributed by atoms with van der Waals surface area (Å²) in [5.74, 6) is -4.06. The van der Waals surface area contributed by atoms with Crippen molar-refractivity contribution in [3.05, 3.63) is 65.2 Å². The van der Waals surface area contributed by atoms with Crippen LogP contribution in [-0.2, 0) is 15.6 Å². The van der Waals surface area contributed by atoms with Crippen LogP contribution in [0.15, 0.2) is 47.4 Å². The highest BCUT2D eigenvalue weighted by molar-refractivity contribution is 7.90. The quantitative estimate of drug-likeness (QED) is 0.881. The maximum Gasteiger partial charge on any atom is 0.335 e. The maximum atomic E-state index is 13.6. The molecule has 0 aromatic heterocycles. The van der Waals surface area contributed by atoms with Crippen molar-refractivity contribution in [1.82, 2.24) is 0 Å². The molecule has 7 heteroatoms. The molecule has 0 fully saturated rings. The summed E-state index contributed by atoms with van der Waals surface area (Å²) in [7, 11) is -4.12. The van der Waals surface area contributed by atoms with Crippen molar-refractivity contribution in [1.29, 1.82) is 0 Å². The highest BCUT2D eigenvalue weighted by Gasteiger charge is 2.22. The van der Waals surface area contributed by atoms with E-state index in [1.165, 1.54) is 24.3 Å². The lowest BCUT2D eigenvalue weighted by Crippen LogP contribution is -2.11.